The number of nitrogens with zero attached hydrogens (tertiary/aromatic N) is 5. The number of aliphatic imine (C=N–C) groups is 1. The number of carbonyl (C=O) groups excluding carboxylic acids is 1. The summed E-state index contributed by atoms with van der Waals surface area (Å²) in [6.45, 7) is 9.37. The van der Waals surface area contributed by atoms with Gasteiger partial charge in [0.15, 0.2) is 5.78 Å². The van der Waals surface area contributed by atoms with Crippen LogP contribution < -0.4 is 4.74 Å². The van der Waals surface area contributed by atoms with Crippen molar-refractivity contribution < 1.29 is 14.6 Å². The second-order valence-corrected chi connectivity index (χ2v) is 9.34. The molecule has 0 unspecified atom stereocenters. The molecule has 9 heteroatoms. The molecule has 0 aliphatic carbocycles. The van der Waals surface area contributed by atoms with Crippen LogP contribution >= 0.6 is 11.6 Å². The molecule has 32 heavy (non-hydrogen) atoms. The van der Waals surface area contributed by atoms with E-state index in [4.69, 9.17) is 16.3 Å². The number of ether oxygens (including phenoxy) is 1. The first-order valence-corrected chi connectivity index (χ1v) is 11.1. The maximum absolute atomic E-state index is 11.8. The minimum Gasteiger partial charge on any atom is -0.472 e. The molecule has 1 saturated heterocycles. The highest BCUT2D eigenvalue weighted by Gasteiger charge is 2.29. The third-order valence-electron chi connectivity index (χ3n) is 5.63. The molecule has 0 saturated carbocycles. The number of carbonyl (C=O) groups is 1. The number of allylic oxidation sites excluding steroid dienone is 1. The monoisotopic (exact) mass is 457 g/mol. The smallest absolute Gasteiger partial charge is 0.214 e. The van der Waals surface area contributed by atoms with Crippen LogP contribution in [0.4, 0.5) is 0 Å². The highest BCUT2D eigenvalue weighted by molar-refractivity contribution is 6.44. The summed E-state index contributed by atoms with van der Waals surface area (Å²) in [5, 5.41) is 15.0. The summed E-state index contributed by atoms with van der Waals surface area (Å²) in [6, 6.07) is 3.86. The predicted octanol–water partition coefficient (Wildman–Crippen LogP) is 2.89. The van der Waals surface area contributed by atoms with Crippen LogP contribution in [0.2, 0.25) is 0 Å². The fourth-order valence-corrected chi connectivity index (χ4v) is 4.41. The topological polar surface area (TPSA) is 92.8 Å². The van der Waals surface area contributed by atoms with E-state index in [2.05, 4.69) is 15.1 Å². The number of aryl methyl sites for hydroxylation is 1. The number of pyridine rings is 1. The molecule has 2 aromatic rings. The zero-order valence-corrected chi connectivity index (χ0v) is 19.6. The van der Waals surface area contributed by atoms with Crippen molar-refractivity contribution in [2.24, 2.45) is 4.99 Å². The van der Waals surface area contributed by atoms with E-state index in [0.717, 1.165) is 35.5 Å². The molecular formula is C23H28ClN5O3. The lowest BCUT2D eigenvalue weighted by Crippen LogP contribution is -2.28. The molecule has 0 spiro atoms. The van der Waals surface area contributed by atoms with Crippen LogP contribution in [0.15, 0.2) is 34.1 Å². The summed E-state index contributed by atoms with van der Waals surface area (Å²) >= 11 is 6.20. The molecule has 170 valence electrons. The number of aliphatic hydroxyl groups is 1. The average molecular weight is 458 g/mol. The zero-order chi connectivity index (χ0) is 23.0. The van der Waals surface area contributed by atoms with Crippen molar-refractivity contribution in [1.29, 1.82) is 0 Å². The summed E-state index contributed by atoms with van der Waals surface area (Å²) in [7, 11) is 0. The van der Waals surface area contributed by atoms with E-state index >= 15 is 0 Å². The van der Waals surface area contributed by atoms with Gasteiger partial charge in [-0.1, -0.05) is 11.6 Å². The van der Waals surface area contributed by atoms with Gasteiger partial charge in [0.25, 0.3) is 0 Å². The van der Waals surface area contributed by atoms with Crippen LogP contribution in [-0.4, -0.2) is 68.1 Å². The first-order valence-electron chi connectivity index (χ1n) is 10.7. The fourth-order valence-electron chi connectivity index (χ4n) is 4.18. The molecule has 2 aliphatic rings. The SMILES string of the molecule is Cc1nn(CC(C)(C)O)c(C)c1-c1ccnc(O[C@@H]2CCN(C3=C(Cl)C(=O)CN=C3)C2)c1. The van der Waals surface area contributed by atoms with Gasteiger partial charge in [0.2, 0.25) is 5.88 Å². The summed E-state index contributed by atoms with van der Waals surface area (Å²) in [5.74, 6) is 0.385. The van der Waals surface area contributed by atoms with Gasteiger partial charge in [-0.05, 0) is 39.3 Å². The van der Waals surface area contributed by atoms with Gasteiger partial charge in [0.05, 0.1) is 30.1 Å². The van der Waals surface area contributed by atoms with Crippen molar-refractivity contribution in [3.8, 4) is 17.0 Å². The zero-order valence-electron chi connectivity index (χ0n) is 18.8. The average Bonchev–Trinajstić information content (AvgIpc) is 3.27. The van der Waals surface area contributed by atoms with Gasteiger partial charge in [0, 0.05) is 42.7 Å². The number of likely N-dealkylation sites (tertiary alicyclic amines) is 1. The van der Waals surface area contributed by atoms with Crippen molar-refractivity contribution in [3.05, 3.63) is 40.4 Å². The standard InChI is InChI=1S/C23H28ClN5O3/c1-14-21(15(2)29(27-14)13-23(3,4)31)16-5-7-26-20(9-16)32-17-6-8-28(12-17)18-10-25-11-19(30)22(18)24/h5,7,9-10,17,31H,6,8,11-13H2,1-4H3/t17-/m1/s1. The molecule has 1 fully saturated rings. The Balaban J connectivity index is 1.50. The Labute approximate surface area is 192 Å². The Kier molecular flexibility index (Phi) is 6.09. The summed E-state index contributed by atoms with van der Waals surface area (Å²) < 4.78 is 8.01. The molecule has 0 aromatic carbocycles. The lowest BCUT2D eigenvalue weighted by Gasteiger charge is -2.22. The van der Waals surface area contributed by atoms with Crippen molar-refractivity contribution in [3.63, 3.8) is 0 Å². The van der Waals surface area contributed by atoms with Crippen molar-refractivity contribution >= 4 is 23.6 Å². The summed E-state index contributed by atoms with van der Waals surface area (Å²) in [5.41, 5.74) is 3.67. The first-order chi connectivity index (χ1) is 15.1. The normalized spacial score (nSPS) is 19.2. The van der Waals surface area contributed by atoms with Crippen LogP contribution in [0.1, 0.15) is 31.7 Å². The van der Waals surface area contributed by atoms with Gasteiger partial charge in [0.1, 0.15) is 17.7 Å². The molecule has 8 nitrogen and oxygen atoms in total. The van der Waals surface area contributed by atoms with E-state index in [9.17, 15) is 9.90 Å². The molecule has 2 aliphatic heterocycles. The second kappa shape index (κ2) is 8.67. The largest absolute Gasteiger partial charge is 0.472 e. The van der Waals surface area contributed by atoms with Gasteiger partial charge in [-0.15, -0.1) is 0 Å². The fraction of sp³-hybridized carbons (Fsp3) is 0.478. The van der Waals surface area contributed by atoms with E-state index < -0.39 is 5.60 Å². The number of Topliss-reactive ketones (excluding diaryl/α,β-unsaturated/α-hetero) is 1. The lowest BCUT2D eigenvalue weighted by atomic mass is 10.0. The highest BCUT2D eigenvalue weighted by Crippen LogP contribution is 2.30. The minimum atomic E-state index is -0.854. The van der Waals surface area contributed by atoms with Gasteiger partial charge < -0.3 is 14.7 Å². The van der Waals surface area contributed by atoms with Crippen LogP contribution in [0, 0.1) is 13.8 Å². The Morgan fingerprint density at radius 1 is 1.34 bits per heavy atom. The summed E-state index contributed by atoms with van der Waals surface area (Å²) in [6.07, 6.45) is 4.13. The first kappa shape index (κ1) is 22.5. The van der Waals surface area contributed by atoms with E-state index in [0.29, 0.717) is 24.7 Å². The van der Waals surface area contributed by atoms with E-state index in [1.54, 1.807) is 26.3 Å². The number of dihydropyridines is 1. The third kappa shape index (κ3) is 4.71. The number of hydrogen-bond donors (Lipinski definition) is 1. The minimum absolute atomic E-state index is 0.0692. The van der Waals surface area contributed by atoms with Crippen molar-refractivity contribution in [2.45, 2.75) is 52.4 Å². The molecule has 2 aromatic heterocycles. The van der Waals surface area contributed by atoms with E-state index in [1.807, 2.05) is 35.6 Å². The molecule has 1 N–H and O–H groups in total. The van der Waals surface area contributed by atoms with Crippen molar-refractivity contribution in [2.75, 3.05) is 19.6 Å². The molecule has 4 heterocycles. The maximum Gasteiger partial charge on any atom is 0.214 e. The Morgan fingerprint density at radius 3 is 2.88 bits per heavy atom. The molecule has 1 atom stereocenters. The van der Waals surface area contributed by atoms with E-state index in [-0.39, 0.29) is 23.5 Å². The molecule has 4 rings (SSSR count). The Bertz CT molecular complexity index is 1100. The number of halogens is 1. The van der Waals surface area contributed by atoms with E-state index in [1.165, 1.54) is 0 Å². The predicted molar refractivity (Wildman–Crippen MR) is 123 cm³/mol. The Morgan fingerprint density at radius 2 is 2.12 bits per heavy atom. The molecule has 0 amide bonds. The van der Waals surface area contributed by atoms with Crippen LogP contribution in [0.3, 0.4) is 0 Å². The molecule has 0 radical (unpaired) electrons. The Hall–Kier alpha value is -2.71. The van der Waals surface area contributed by atoms with Gasteiger partial charge in [-0.3, -0.25) is 14.5 Å². The van der Waals surface area contributed by atoms with Crippen molar-refractivity contribution in [1.82, 2.24) is 19.7 Å². The third-order valence-corrected chi connectivity index (χ3v) is 6.04. The van der Waals surface area contributed by atoms with Crippen LogP contribution in [0.5, 0.6) is 5.88 Å². The summed E-state index contributed by atoms with van der Waals surface area (Å²) in [4.78, 5) is 22.4. The number of hydrogen-bond acceptors (Lipinski definition) is 7. The number of aromatic nitrogens is 3. The van der Waals surface area contributed by atoms with Gasteiger partial charge >= 0.3 is 0 Å². The second-order valence-electron chi connectivity index (χ2n) is 8.97. The van der Waals surface area contributed by atoms with Gasteiger partial charge in [-0.2, -0.15) is 5.10 Å². The number of rotatable bonds is 6. The van der Waals surface area contributed by atoms with Crippen LogP contribution in [0.25, 0.3) is 11.1 Å². The van der Waals surface area contributed by atoms with Crippen LogP contribution in [-0.2, 0) is 11.3 Å². The van der Waals surface area contributed by atoms with Gasteiger partial charge in [-0.25, -0.2) is 4.98 Å². The molecule has 0 bridgehead atoms. The lowest BCUT2D eigenvalue weighted by molar-refractivity contribution is -0.113. The molecular weight excluding hydrogens is 430 g/mol. The maximum atomic E-state index is 11.8. The number of ketones is 1. The highest BCUT2D eigenvalue weighted by atomic mass is 35.5. The quantitative estimate of drug-likeness (QED) is 0.717.